The Kier molecular flexibility index (Phi) is 4.31. The molecule has 1 aromatic rings. The zero-order valence-corrected chi connectivity index (χ0v) is 10.5. The van der Waals surface area contributed by atoms with Crippen molar-refractivity contribution < 1.29 is 15.1 Å². The molecule has 1 aromatic carbocycles. The molecule has 1 fully saturated rings. The average Bonchev–Trinajstić information content (AvgIpc) is 2.42. The van der Waals surface area contributed by atoms with Crippen molar-refractivity contribution in [2.75, 3.05) is 32.8 Å². The summed E-state index contributed by atoms with van der Waals surface area (Å²) >= 11 is 0. The van der Waals surface area contributed by atoms with E-state index in [1.807, 2.05) is 4.90 Å². The average molecular weight is 267 g/mol. The van der Waals surface area contributed by atoms with Gasteiger partial charge in [0.25, 0.3) is 5.69 Å². The van der Waals surface area contributed by atoms with Gasteiger partial charge in [0.2, 0.25) is 0 Å². The topological polar surface area (TPSA) is 98.9 Å². The molecule has 104 valence electrons. The minimum atomic E-state index is -0.505. The number of hydrogen-bond acceptors (Lipinski definition) is 6. The Morgan fingerprint density at radius 3 is 2.68 bits per heavy atom. The Morgan fingerprint density at radius 2 is 2.11 bits per heavy atom. The number of aliphatic hydroxyl groups excluding tert-OH is 1. The lowest BCUT2D eigenvalue weighted by molar-refractivity contribution is -0.385. The summed E-state index contributed by atoms with van der Waals surface area (Å²) in [7, 11) is 0. The Bertz CT molecular complexity index is 460. The Hall–Kier alpha value is -1.70. The first kappa shape index (κ1) is 13.7. The fourth-order valence-corrected chi connectivity index (χ4v) is 2.33. The monoisotopic (exact) mass is 267 g/mol. The van der Waals surface area contributed by atoms with Gasteiger partial charge in [0.15, 0.2) is 0 Å². The van der Waals surface area contributed by atoms with E-state index in [0.29, 0.717) is 5.56 Å². The van der Waals surface area contributed by atoms with E-state index in [1.54, 1.807) is 0 Å². The van der Waals surface area contributed by atoms with Crippen molar-refractivity contribution in [3.63, 3.8) is 0 Å². The molecule has 7 heteroatoms. The highest BCUT2D eigenvalue weighted by Crippen LogP contribution is 2.31. The molecule has 0 radical (unpaired) electrons. The van der Waals surface area contributed by atoms with Gasteiger partial charge in [-0.25, -0.2) is 0 Å². The predicted octanol–water partition coefficient (Wildman–Crippen LogP) is 0.239. The summed E-state index contributed by atoms with van der Waals surface area (Å²) in [5, 5.41) is 33.4. The van der Waals surface area contributed by atoms with E-state index in [-0.39, 0.29) is 18.0 Å². The van der Waals surface area contributed by atoms with Gasteiger partial charge in [-0.05, 0) is 6.07 Å². The number of aliphatic hydroxyl groups is 1. The van der Waals surface area contributed by atoms with Crippen molar-refractivity contribution in [2.24, 2.45) is 0 Å². The number of nitro benzene ring substituents is 1. The van der Waals surface area contributed by atoms with E-state index in [0.717, 1.165) is 26.2 Å². The Labute approximate surface area is 110 Å². The lowest BCUT2D eigenvalue weighted by Gasteiger charge is -2.34. The molecule has 7 nitrogen and oxygen atoms in total. The van der Waals surface area contributed by atoms with Gasteiger partial charge in [0.05, 0.1) is 17.6 Å². The number of nitro groups is 1. The quantitative estimate of drug-likeness (QED) is 0.534. The third kappa shape index (κ3) is 3.01. The van der Waals surface area contributed by atoms with Crippen molar-refractivity contribution in [2.45, 2.75) is 6.04 Å². The van der Waals surface area contributed by atoms with Crippen molar-refractivity contribution >= 4 is 5.69 Å². The van der Waals surface area contributed by atoms with Gasteiger partial charge < -0.3 is 15.5 Å². The molecule has 0 bridgehead atoms. The SMILES string of the molecule is O=[N+]([O-])c1ccc(O)c([C@@H](CO)N2CCNCC2)c1. The number of aromatic hydroxyl groups is 1. The van der Waals surface area contributed by atoms with E-state index in [1.165, 1.54) is 18.2 Å². The molecule has 2 rings (SSSR count). The van der Waals surface area contributed by atoms with Crippen molar-refractivity contribution in [3.05, 3.63) is 33.9 Å². The van der Waals surface area contributed by atoms with Crippen LogP contribution in [0.3, 0.4) is 0 Å². The van der Waals surface area contributed by atoms with Gasteiger partial charge >= 0.3 is 0 Å². The summed E-state index contributed by atoms with van der Waals surface area (Å²) in [5.41, 5.74) is 0.319. The van der Waals surface area contributed by atoms with Crippen LogP contribution in [0.2, 0.25) is 0 Å². The number of benzene rings is 1. The van der Waals surface area contributed by atoms with Gasteiger partial charge in [-0.2, -0.15) is 0 Å². The molecule has 0 spiro atoms. The third-order valence-corrected chi connectivity index (χ3v) is 3.35. The normalized spacial score (nSPS) is 18.2. The molecule has 0 saturated carbocycles. The number of non-ortho nitro benzene ring substituents is 1. The van der Waals surface area contributed by atoms with Crippen LogP contribution in [0.15, 0.2) is 18.2 Å². The summed E-state index contributed by atoms with van der Waals surface area (Å²) in [6.07, 6.45) is 0. The molecule has 1 heterocycles. The lowest BCUT2D eigenvalue weighted by atomic mass is 10.0. The summed E-state index contributed by atoms with van der Waals surface area (Å²) in [4.78, 5) is 12.3. The van der Waals surface area contributed by atoms with E-state index in [4.69, 9.17) is 0 Å². The second-order valence-electron chi connectivity index (χ2n) is 4.48. The number of nitrogens with one attached hydrogen (secondary N) is 1. The molecule has 1 saturated heterocycles. The Balaban J connectivity index is 2.30. The van der Waals surface area contributed by atoms with Crippen LogP contribution in [0, 0.1) is 10.1 Å². The fourth-order valence-electron chi connectivity index (χ4n) is 2.33. The predicted molar refractivity (Wildman–Crippen MR) is 69.0 cm³/mol. The molecule has 0 aromatic heterocycles. The van der Waals surface area contributed by atoms with E-state index in [9.17, 15) is 20.3 Å². The summed E-state index contributed by atoms with van der Waals surface area (Å²) in [5.74, 6) is -0.0248. The van der Waals surface area contributed by atoms with Gasteiger partial charge in [0, 0.05) is 43.9 Å². The van der Waals surface area contributed by atoms with Gasteiger partial charge in [-0.3, -0.25) is 15.0 Å². The lowest BCUT2D eigenvalue weighted by Crippen LogP contribution is -2.46. The van der Waals surface area contributed by atoms with Gasteiger partial charge in [-0.1, -0.05) is 0 Å². The number of hydrogen-bond donors (Lipinski definition) is 3. The smallest absolute Gasteiger partial charge is 0.270 e. The van der Waals surface area contributed by atoms with Crippen molar-refractivity contribution in [1.29, 1.82) is 0 Å². The largest absolute Gasteiger partial charge is 0.508 e. The molecule has 1 aliphatic rings. The minimum Gasteiger partial charge on any atom is -0.508 e. The van der Waals surface area contributed by atoms with Gasteiger partial charge in [0.1, 0.15) is 5.75 Å². The van der Waals surface area contributed by atoms with Crippen LogP contribution in [0.1, 0.15) is 11.6 Å². The number of nitrogens with zero attached hydrogens (tertiary/aromatic N) is 2. The standard InChI is InChI=1S/C12H17N3O4/c16-8-11(14-5-3-13-4-6-14)10-7-9(15(18)19)1-2-12(10)17/h1-2,7,11,13,16-17H,3-6,8H2/t11-/m1/s1. The highest BCUT2D eigenvalue weighted by atomic mass is 16.6. The number of piperazine rings is 1. The summed E-state index contributed by atoms with van der Waals surface area (Å²) < 4.78 is 0. The minimum absolute atomic E-state index is 0.0248. The Morgan fingerprint density at radius 1 is 1.42 bits per heavy atom. The third-order valence-electron chi connectivity index (χ3n) is 3.35. The molecule has 3 N–H and O–H groups in total. The zero-order chi connectivity index (χ0) is 13.8. The summed E-state index contributed by atoms with van der Waals surface area (Å²) in [6.45, 7) is 2.87. The zero-order valence-electron chi connectivity index (χ0n) is 10.5. The molecule has 1 atom stereocenters. The second-order valence-corrected chi connectivity index (χ2v) is 4.48. The molecule has 0 unspecified atom stereocenters. The maximum absolute atomic E-state index is 10.8. The van der Waals surface area contributed by atoms with Crippen LogP contribution in [0.5, 0.6) is 5.75 Å². The van der Waals surface area contributed by atoms with E-state index in [2.05, 4.69) is 5.32 Å². The molecular formula is C12H17N3O4. The maximum atomic E-state index is 10.8. The second kappa shape index (κ2) is 5.96. The first-order chi connectivity index (χ1) is 9.13. The van der Waals surface area contributed by atoms with Crippen molar-refractivity contribution in [1.82, 2.24) is 10.2 Å². The maximum Gasteiger partial charge on any atom is 0.270 e. The molecule has 19 heavy (non-hydrogen) atoms. The molecule has 0 amide bonds. The van der Waals surface area contributed by atoms with Crippen molar-refractivity contribution in [3.8, 4) is 5.75 Å². The number of phenolic OH excluding ortho intramolecular Hbond substituents is 1. The molecule has 0 aliphatic carbocycles. The van der Waals surface area contributed by atoms with Crippen LogP contribution in [-0.2, 0) is 0 Å². The molecule has 1 aliphatic heterocycles. The first-order valence-electron chi connectivity index (χ1n) is 6.16. The van der Waals surface area contributed by atoms with E-state index >= 15 is 0 Å². The van der Waals surface area contributed by atoms with Crippen LogP contribution >= 0.6 is 0 Å². The van der Waals surface area contributed by atoms with Gasteiger partial charge in [-0.15, -0.1) is 0 Å². The highest BCUT2D eigenvalue weighted by Gasteiger charge is 2.25. The summed E-state index contributed by atoms with van der Waals surface area (Å²) in [6, 6.07) is 3.48. The number of phenols is 1. The van der Waals surface area contributed by atoms with Crippen LogP contribution in [0.25, 0.3) is 0 Å². The number of rotatable bonds is 4. The van der Waals surface area contributed by atoms with E-state index < -0.39 is 11.0 Å². The fraction of sp³-hybridized carbons (Fsp3) is 0.500. The molecular weight excluding hydrogens is 250 g/mol. The van der Waals surface area contributed by atoms with Crippen LogP contribution < -0.4 is 5.32 Å². The first-order valence-corrected chi connectivity index (χ1v) is 6.16. The highest BCUT2D eigenvalue weighted by molar-refractivity contribution is 5.44. The van der Waals surface area contributed by atoms with Crippen LogP contribution in [0.4, 0.5) is 5.69 Å². The van der Waals surface area contributed by atoms with Crippen LogP contribution in [-0.4, -0.2) is 52.8 Å².